The van der Waals surface area contributed by atoms with Crippen LogP contribution in [0.5, 0.6) is 0 Å². The molecule has 6 atom stereocenters. The Morgan fingerprint density at radius 1 is 0.646 bits per heavy atom. The Labute approximate surface area is 379 Å². The maximum Gasteiger partial charge on any atom is 0.421 e. The van der Waals surface area contributed by atoms with Crippen molar-refractivity contribution in [3.8, 4) is 0 Å². The van der Waals surface area contributed by atoms with Gasteiger partial charge in [0.2, 0.25) is 0 Å². The molecule has 2 aromatic carbocycles. The fraction of sp³-hybridized carbons (Fsp3) is 0.463. The number of anilines is 2. The number of piperazine rings is 2. The lowest BCUT2D eigenvalue weighted by atomic mass is 9.68. The van der Waals surface area contributed by atoms with E-state index in [1.165, 1.54) is 45.0 Å². The second-order valence-electron chi connectivity index (χ2n) is 16.7. The number of aliphatic hydroxyl groups is 2. The Bertz CT molecular complexity index is 2430. The van der Waals surface area contributed by atoms with Crippen molar-refractivity contribution < 1.29 is 63.0 Å². The van der Waals surface area contributed by atoms with Crippen LogP contribution < -0.4 is 20.4 Å². The fourth-order valence-corrected chi connectivity index (χ4v) is 14.2. The van der Waals surface area contributed by atoms with Crippen LogP contribution >= 0.6 is 22.7 Å². The molecule has 0 radical (unpaired) electrons. The number of sulfonamides is 2. The van der Waals surface area contributed by atoms with Gasteiger partial charge in [-0.15, -0.1) is 22.7 Å². The molecule has 14 nitrogen and oxygen atoms in total. The minimum Gasteiger partial charge on any atom is -0.376 e. The molecule has 3 aliphatic heterocycles. The molecule has 4 N–H and O–H groups in total. The number of carbonyl (C=O) groups is 2. The smallest absolute Gasteiger partial charge is 0.376 e. The topological polar surface area (TPSA) is 180 Å². The van der Waals surface area contributed by atoms with Gasteiger partial charge in [0.05, 0.1) is 0 Å². The van der Waals surface area contributed by atoms with E-state index in [1.807, 2.05) is 0 Å². The first-order chi connectivity index (χ1) is 30.2. The molecule has 6 unspecified atom stereocenters. The van der Waals surface area contributed by atoms with Gasteiger partial charge in [-0.3, -0.25) is 10.1 Å². The number of imide groups is 1. The minimum absolute atomic E-state index is 0.0266. The molecule has 0 spiro atoms. The Morgan fingerprint density at radius 3 is 1.31 bits per heavy atom. The van der Waals surface area contributed by atoms with Crippen molar-refractivity contribution in [3.63, 3.8) is 0 Å². The van der Waals surface area contributed by atoms with Crippen molar-refractivity contribution in [2.24, 2.45) is 11.8 Å². The van der Waals surface area contributed by atoms with E-state index in [0.29, 0.717) is 25.2 Å². The van der Waals surface area contributed by atoms with Gasteiger partial charge in [-0.2, -0.15) is 35.0 Å². The van der Waals surface area contributed by atoms with E-state index < -0.39 is 96.1 Å². The van der Waals surface area contributed by atoms with Gasteiger partial charge in [0.1, 0.15) is 14.0 Å². The molecule has 0 aliphatic carbocycles. The molecule has 5 heterocycles. The monoisotopic (exact) mass is 992 g/mol. The Balaban J connectivity index is 1.33. The van der Waals surface area contributed by atoms with E-state index in [-0.39, 0.29) is 47.7 Å². The van der Waals surface area contributed by atoms with Crippen LogP contribution in [0.1, 0.15) is 38.8 Å². The van der Waals surface area contributed by atoms with Gasteiger partial charge in [0.15, 0.2) is 11.2 Å². The summed E-state index contributed by atoms with van der Waals surface area (Å²) in [6.45, 7) is 3.52. The zero-order valence-corrected chi connectivity index (χ0v) is 38.4. The number of nitrogens with one attached hydrogen (secondary N) is 2. The molecule has 3 saturated heterocycles. The van der Waals surface area contributed by atoms with E-state index in [0.717, 1.165) is 46.9 Å². The van der Waals surface area contributed by atoms with Crippen molar-refractivity contribution in [2.75, 3.05) is 49.1 Å². The number of benzene rings is 2. The Kier molecular flexibility index (Phi) is 12.8. The summed E-state index contributed by atoms with van der Waals surface area (Å²) < 4.78 is 142. The molecule has 3 amide bonds. The largest absolute Gasteiger partial charge is 0.421 e. The van der Waals surface area contributed by atoms with Crippen LogP contribution in [0.4, 0.5) is 42.5 Å². The summed E-state index contributed by atoms with van der Waals surface area (Å²) in [5.74, 6) is -3.01. The molecule has 24 heteroatoms. The van der Waals surface area contributed by atoms with Crippen molar-refractivity contribution in [1.82, 2.24) is 19.2 Å². The van der Waals surface area contributed by atoms with Crippen LogP contribution in [-0.4, -0.2) is 117 Å². The third-order valence-corrected chi connectivity index (χ3v) is 19.6. The molecule has 3 fully saturated rings. The number of alkyl halides is 6. The molecule has 354 valence electrons. The number of thiophene rings is 2. The third-order valence-electron chi connectivity index (χ3n) is 13.1. The molecule has 3 aliphatic rings. The number of urea groups is 1. The quantitative estimate of drug-likeness (QED) is 0.102. The molecule has 65 heavy (non-hydrogen) atoms. The maximum absolute atomic E-state index is 14.6. The van der Waals surface area contributed by atoms with E-state index in [9.17, 15) is 63.0 Å². The predicted octanol–water partition coefficient (Wildman–Crippen LogP) is 5.66. The van der Waals surface area contributed by atoms with Gasteiger partial charge < -0.3 is 25.3 Å². The first-order valence-electron chi connectivity index (χ1n) is 20.2. The summed E-state index contributed by atoms with van der Waals surface area (Å²) in [6, 6.07) is 12.7. The molecular formula is C41H46F6N6O8S4. The lowest BCUT2D eigenvalue weighted by Crippen LogP contribution is -2.71. The number of halogens is 6. The zero-order chi connectivity index (χ0) is 47.7. The number of rotatable bonds is 12. The molecule has 0 saturated carbocycles. The summed E-state index contributed by atoms with van der Waals surface area (Å²) in [5.41, 5.74) is -8.76. The van der Waals surface area contributed by atoms with Gasteiger partial charge >= 0.3 is 18.4 Å². The van der Waals surface area contributed by atoms with Crippen molar-refractivity contribution in [1.29, 1.82) is 0 Å². The van der Waals surface area contributed by atoms with Crippen molar-refractivity contribution in [3.05, 3.63) is 94.7 Å². The van der Waals surface area contributed by atoms with Crippen LogP contribution in [0.3, 0.4) is 0 Å². The molecular weight excluding hydrogens is 947 g/mol. The lowest BCUT2D eigenvalue weighted by molar-refractivity contribution is -0.259. The van der Waals surface area contributed by atoms with Crippen molar-refractivity contribution in [2.45, 2.75) is 77.3 Å². The highest BCUT2D eigenvalue weighted by Gasteiger charge is 2.61. The summed E-state index contributed by atoms with van der Waals surface area (Å²) in [7, 11) is -8.29. The zero-order valence-electron chi connectivity index (χ0n) is 35.2. The van der Waals surface area contributed by atoms with Gasteiger partial charge in [0, 0.05) is 74.6 Å². The highest BCUT2D eigenvalue weighted by Crippen LogP contribution is 2.45. The Morgan fingerprint density at radius 2 is 1.02 bits per heavy atom. The molecule has 4 aromatic rings. The van der Waals surface area contributed by atoms with Crippen LogP contribution in [0.25, 0.3) is 0 Å². The average molecular weight is 993 g/mol. The van der Waals surface area contributed by atoms with Crippen LogP contribution in [0, 0.1) is 11.8 Å². The van der Waals surface area contributed by atoms with E-state index in [2.05, 4.69) is 10.6 Å². The van der Waals surface area contributed by atoms with Gasteiger partial charge in [-0.25, -0.2) is 21.6 Å². The number of hydrogen-bond acceptors (Lipinski definition) is 12. The normalized spacial score (nSPS) is 24.8. The summed E-state index contributed by atoms with van der Waals surface area (Å²) in [4.78, 5) is 31.5. The van der Waals surface area contributed by atoms with E-state index in [4.69, 9.17) is 0 Å². The SMILES string of the molecule is CC(C1CN(S(=O)(=O)c2cccs2)CCN1c1ccc(C(C)(O)C(F)(F)F)cc1)C1(C(C)C2CN(S(=O)(=O)c3cccs3)CCN2c2ccc(C(C)(O)C(F)(F)F)cc2)NC(=O)NC1=O. The highest BCUT2D eigenvalue weighted by molar-refractivity contribution is 7.91. The summed E-state index contributed by atoms with van der Waals surface area (Å²) in [5, 5.41) is 29.1. The molecule has 7 rings (SSSR count). The average Bonchev–Trinajstić information content (AvgIpc) is 4.06. The second kappa shape index (κ2) is 17.1. The van der Waals surface area contributed by atoms with Crippen LogP contribution in [0.2, 0.25) is 0 Å². The van der Waals surface area contributed by atoms with Gasteiger partial charge in [-0.05, 0) is 72.1 Å². The highest BCUT2D eigenvalue weighted by atomic mass is 32.3. The van der Waals surface area contributed by atoms with Gasteiger partial charge in [-0.1, -0.05) is 50.2 Å². The fourth-order valence-electron chi connectivity index (χ4n) is 9.00. The number of hydrogen-bond donors (Lipinski definition) is 4. The van der Waals surface area contributed by atoms with E-state index >= 15 is 0 Å². The first kappa shape index (κ1) is 48.6. The van der Waals surface area contributed by atoms with Crippen molar-refractivity contribution >= 4 is 66.0 Å². The van der Waals surface area contributed by atoms with Crippen LogP contribution in [-0.2, 0) is 36.0 Å². The minimum atomic E-state index is -5.03. The third kappa shape index (κ3) is 8.52. The number of amides is 3. The predicted molar refractivity (Wildman–Crippen MR) is 230 cm³/mol. The number of nitrogens with zero attached hydrogens (tertiary/aromatic N) is 4. The molecule has 0 bridgehead atoms. The Hall–Kier alpha value is -4.30. The summed E-state index contributed by atoms with van der Waals surface area (Å²) >= 11 is 1.96. The lowest BCUT2D eigenvalue weighted by Gasteiger charge is -2.53. The summed E-state index contributed by atoms with van der Waals surface area (Å²) in [6.07, 6.45) is -10.1. The molecule has 2 aromatic heterocycles. The first-order valence-corrected chi connectivity index (χ1v) is 24.8. The van der Waals surface area contributed by atoms with Gasteiger partial charge in [0.25, 0.3) is 26.0 Å². The standard InChI is InChI=1S/C41H46F6N6O8S4/c1-25(31-23-50(64(58,59)33-7-5-21-62-33)17-19-52(31)29-13-9-27(10-14-29)37(3,56)40(42,43)44)39(35(54)48-36(55)49-39)26(2)32-24-51(65(60,61)34-8-6-22-63-34)18-20-53(32)30-15-11-28(12-16-30)38(4,57)41(45,46)47/h5-16,21-22,25-26,31-32,56-57H,17-20,23-24H2,1-4H3,(H2,48,49,54,55). The van der Waals surface area contributed by atoms with E-state index in [1.54, 1.807) is 46.5 Å². The second-order valence-corrected chi connectivity index (χ2v) is 22.9. The number of carbonyl (C=O) groups excluding carboxylic acids is 2. The maximum atomic E-state index is 14.6. The van der Waals surface area contributed by atoms with Crippen LogP contribution in [0.15, 0.2) is 92.0 Å².